The summed E-state index contributed by atoms with van der Waals surface area (Å²) in [7, 11) is 0. The minimum atomic E-state index is 1.04. The minimum Gasteiger partial charge on any atom is -0.322 e. The highest BCUT2D eigenvalue weighted by Crippen LogP contribution is 2.23. The highest BCUT2D eigenvalue weighted by atomic mass is 15.2. The monoisotopic (exact) mass is 159 g/mol. The molecule has 0 saturated carbocycles. The van der Waals surface area contributed by atoms with Crippen LogP contribution in [0.2, 0.25) is 0 Å². The third kappa shape index (κ3) is 1.76. The van der Waals surface area contributed by atoms with Crippen molar-refractivity contribution >= 4 is 0 Å². The van der Waals surface area contributed by atoms with Gasteiger partial charge in [-0.25, -0.2) is 0 Å². The molecule has 0 saturated heterocycles. The van der Waals surface area contributed by atoms with E-state index in [4.69, 9.17) is 0 Å². The number of hydrogen-bond donors (Lipinski definition) is 0. The number of allylic oxidation sites excluding steroid dienone is 6. The molecular formula is C11H13N. The van der Waals surface area contributed by atoms with Crippen LogP contribution in [-0.2, 0) is 0 Å². The van der Waals surface area contributed by atoms with Crippen LogP contribution in [0.25, 0.3) is 0 Å². The Bertz CT molecular complexity index is 279. The van der Waals surface area contributed by atoms with Gasteiger partial charge in [-0.1, -0.05) is 31.4 Å². The maximum Gasteiger partial charge on any atom is 0.0397 e. The van der Waals surface area contributed by atoms with Gasteiger partial charge >= 0.3 is 0 Å². The smallest absolute Gasteiger partial charge is 0.0397 e. The lowest BCUT2D eigenvalue weighted by Crippen LogP contribution is -2.20. The van der Waals surface area contributed by atoms with Crippen LogP contribution < -0.4 is 0 Å². The summed E-state index contributed by atoms with van der Waals surface area (Å²) in [5.41, 5.74) is 2.26. The molecule has 1 aliphatic heterocycles. The van der Waals surface area contributed by atoms with E-state index >= 15 is 0 Å². The molecule has 1 nitrogen and oxygen atoms in total. The molecule has 1 heterocycles. The molecule has 0 aliphatic carbocycles. The Balaban J connectivity index is 2.48. The average molecular weight is 159 g/mol. The van der Waals surface area contributed by atoms with Crippen molar-refractivity contribution in [2.24, 2.45) is 0 Å². The molecule has 62 valence electrons. The first-order valence-electron chi connectivity index (χ1n) is 3.88. The maximum atomic E-state index is 3.85. The molecule has 1 heteroatoms. The second kappa shape index (κ2) is 3.77. The number of nitrogens with zero attached hydrogens (tertiary/aromatic N) is 1. The van der Waals surface area contributed by atoms with Gasteiger partial charge in [-0.3, -0.25) is 0 Å². The zero-order valence-corrected chi connectivity index (χ0v) is 7.33. The third-order valence-electron chi connectivity index (χ3n) is 1.66. The summed E-state index contributed by atoms with van der Waals surface area (Å²) < 4.78 is 0. The molecule has 1 rings (SSSR count). The van der Waals surface area contributed by atoms with E-state index < -0.39 is 0 Å². The Labute approximate surface area is 73.7 Å². The van der Waals surface area contributed by atoms with Crippen LogP contribution >= 0.6 is 0 Å². The van der Waals surface area contributed by atoms with Crippen molar-refractivity contribution in [3.63, 3.8) is 0 Å². The van der Waals surface area contributed by atoms with Gasteiger partial charge in [0.2, 0.25) is 0 Å². The van der Waals surface area contributed by atoms with E-state index in [2.05, 4.69) is 20.1 Å². The SMILES string of the molecule is C=C/C=C/C=C\N1C(=C)C=C1C. The van der Waals surface area contributed by atoms with Crippen molar-refractivity contribution in [3.8, 4) is 0 Å². The third-order valence-corrected chi connectivity index (χ3v) is 1.66. The van der Waals surface area contributed by atoms with Crippen LogP contribution in [0.1, 0.15) is 6.92 Å². The van der Waals surface area contributed by atoms with Gasteiger partial charge in [-0.2, -0.15) is 0 Å². The zero-order chi connectivity index (χ0) is 8.97. The van der Waals surface area contributed by atoms with Crippen molar-refractivity contribution in [1.29, 1.82) is 0 Å². The topological polar surface area (TPSA) is 3.24 Å². The zero-order valence-electron chi connectivity index (χ0n) is 7.33. The van der Waals surface area contributed by atoms with Gasteiger partial charge in [-0.15, -0.1) is 0 Å². The van der Waals surface area contributed by atoms with E-state index in [0.717, 1.165) is 5.70 Å². The first kappa shape index (κ1) is 8.60. The van der Waals surface area contributed by atoms with Gasteiger partial charge in [0.05, 0.1) is 0 Å². The van der Waals surface area contributed by atoms with E-state index in [1.54, 1.807) is 6.08 Å². The fourth-order valence-electron chi connectivity index (χ4n) is 1.03. The Morgan fingerprint density at radius 2 is 2.08 bits per heavy atom. The first-order chi connectivity index (χ1) is 5.75. The fraction of sp³-hybridized carbons (Fsp3) is 0.0909. The quantitative estimate of drug-likeness (QED) is 0.572. The standard InChI is InChI=1S/C11H13N/c1-4-5-6-7-8-12-10(2)9-11(12)3/h4-9H,1-2H2,3H3/b6-5+,8-7-. The predicted octanol–water partition coefficient (Wildman–Crippen LogP) is 2.98. The Hall–Kier alpha value is -1.50. The highest BCUT2D eigenvalue weighted by molar-refractivity contribution is 5.35. The normalized spacial score (nSPS) is 16.9. The van der Waals surface area contributed by atoms with E-state index in [1.165, 1.54) is 5.70 Å². The molecule has 1 aliphatic rings. The van der Waals surface area contributed by atoms with Crippen molar-refractivity contribution in [3.05, 3.63) is 61.1 Å². The van der Waals surface area contributed by atoms with Crippen LogP contribution in [0.4, 0.5) is 0 Å². The van der Waals surface area contributed by atoms with Crippen molar-refractivity contribution < 1.29 is 0 Å². The number of hydrogen-bond acceptors (Lipinski definition) is 1. The van der Waals surface area contributed by atoms with E-state index in [9.17, 15) is 0 Å². The van der Waals surface area contributed by atoms with Gasteiger partial charge in [0.1, 0.15) is 0 Å². The van der Waals surface area contributed by atoms with Crippen LogP contribution in [0.3, 0.4) is 0 Å². The summed E-state index contributed by atoms with van der Waals surface area (Å²) in [5, 5.41) is 0. The van der Waals surface area contributed by atoms with Crippen LogP contribution in [0, 0.1) is 0 Å². The van der Waals surface area contributed by atoms with Crippen LogP contribution in [-0.4, -0.2) is 4.90 Å². The molecule has 0 spiro atoms. The molecule has 0 N–H and O–H groups in total. The average Bonchev–Trinajstić information content (AvgIpc) is 2.04. The van der Waals surface area contributed by atoms with E-state index in [1.807, 2.05) is 35.4 Å². The first-order valence-corrected chi connectivity index (χ1v) is 3.88. The van der Waals surface area contributed by atoms with Crippen LogP contribution in [0.5, 0.6) is 0 Å². The Morgan fingerprint density at radius 1 is 1.33 bits per heavy atom. The molecule has 0 aromatic heterocycles. The van der Waals surface area contributed by atoms with E-state index in [-0.39, 0.29) is 0 Å². The molecule has 0 unspecified atom stereocenters. The minimum absolute atomic E-state index is 1.04. The molecule has 0 aromatic carbocycles. The summed E-state index contributed by atoms with van der Waals surface area (Å²) in [4.78, 5) is 2.04. The van der Waals surface area contributed by atoms with Gasteiger partial charge in [0, 0.05) is 17.6 Å². The fourth-order valence-corrected chi connectivity index (χ4v) is 1.03. The van der Waals surface area contributed by atoms with Crippen molar-refractivity contribution in [1.82, 2.24) is 4.90 Å². The summed E-state index contributed by atoms with van der Waals surface area (Å²) >= 11 is 0. The molecular weight excluding hydrogens is 146 g/mol. The second-order valence-electron chi connectivity index (χ2n) is 2.61. The van der Waals surface area contributed by atoms with Gasteiger partial charge in [0.25, 0.3) is 0 Å². The molecule has 0 fully saturated rings. The molecule has 12 heavy (non-hydrogen) atoms. The summed E-state index contributed by atoms with van der Waals surface area (Å²) in [5.74, 6) is 0. The van der Waals surface area contributed by atoms with Gasteiger partial charge in [-0.05, 0) is 19.1 Å². The van der Waals surface area contributed by atoms with Gasteiger partial charge in [0.15, 0.2) is 0 Å². The van der Waals surface area contributed by atoms with E-state index in [0.29, 0.717) is 0 Å². The second-order valence-corrected chi connectivity index (χ2v) is 2.61. The summed E-state index contributed by atoms with van der Waals surface area (Å²) in [6, 6.07) is 0. The molecule has 0 aromatic rings. The number of rotatable bonds is 3. The van der Waals surface area contributed by atoms with Crippen LogP contribution in [0.15, 0.2) is 61.1 Å². The highest BCUT2D eigenvalue weighted by Gasteiger charge is 2.12. The molecule has 0 atom stereocenters. The lowest BCUT2D eigenvalue weighted by molar-refractivity contribution is 0.544. The predicted molar refractivity (Wildman–Crippen MR) is 53.2 cm³/mol. The summed E-state index contributed by atoms with van der Waals surface area (Å²) in [6.45, 7) is 9.48. The van der Waals surface area contributed by atoms with Gasteiger partial charge < -0.3 is 4.90 Å². The lowest BCUT2D eigenvalue weighted by Gasteiger charge is -2.29. The molecule has 0 amide bonds. The summed E-state index contributed by atoms with van der Waals surface area (Å²) in [6.07, 6.45) is 11.6. The Kier molecular flexibility index (Phi) is 2.70. The largest absolute Gasteiger partial charge is 0.322 e. The Morgan fingerprint density at radius 3 is 2.58 bits per heavy atom. The molecule has 0 radical (unpaired) electrons. The van der Waals surface area contributed by atoms with Crippen molar-refractivity contribution in [2.45, 2.75) is 6.92 Å². The maximum absolute atomic E-state index is 3.85. The molecule has 0 bridgehead atoms. The van der Waals surface area contributed by atoms with Crippen molar-refractivity contribution in [2.75, 3.05) is 0 Å². The lowest BCUT2D eigenvalue weighted by atomic mass is 10.2.